The van der Waals surface area contributed by atoms with Crippen LogP contribution in [-0.4, -0.2) is 69.3 Å². The molecular weight excluding hydrogens is 362 g/mol. The molecule has 0 aromatic heterocycles. The van der Waals surface area contributed by atoms with Gasteiger partial charge in [0.1, 0.15) is 11.5 Å². The zero-order chi connectivity index (χ0) is 20.3. The minimum atomic E-state index is -0.631. The number of amides is 3. The molecule has 0 aliphatic carbocycles. The van der Waals surface area contributed by atoms with E-state index in [1.54, 1.807) is 55.4 Å². The highest BCUT2D eigenvalue weighted by Crippen LogP contribution is 2.40. The third kappa shape index (κ3) is 3.43. The fourth-order valence-electron chi connectivity index (χ4n) is 3.55. The third-order valence-corrected chi connectivity index (χ3v) is 4.92. The van der Waals surface area contributed by atoms with Gasteiger partial charge in [-0.15, -0.1) is 6.58 Å². The number of carbonyl (C=O) groups is 2. The maximum absolute atomic E-state index is 13.2. The van der Waals surface area contributed by atoms with Crippen molar-refractivity contribution in [2.45, 2.75) is 6.04 Å². The van der Waals surface area contributed by atoms with E-state index in [4.69, 9.17) is 14.2 Å². The van der Waals surface area contributed by atoms with Crippen LogP contribution in [0.3, 0.4) is 0 Å². The third-order valence-electron chi connectivity index (χ3n) is 4.92. The summed E-state index contributed by atoms with van der Waals surface area (Å²) in [6, 6.07) is 4.40. The smallest absolute Gasteiger partial charge is 0.322 e. The largest absolute Gasteiger partial charge is 0.497 e. The summed E-state index contributed by atoms with van der Waals surface area (Å²) < 4.78 is 15.9. The Morgan fingerprint density at radius 2 is 2.04 bits per heavy atom. The summed E-state index contributed by atoms with van der Waals surface area (Å²) in [5.74, 6) is 1.05. The van der Waals surface area contributed by atoms with E-state index in [9.17, 15) is 9.59 Å². The van der Waals surface area contributed by atoms with Gasteiger partial charge in [0.05, 0.1) is 44.7 Å². The van der Waals surface area contributed by atoms with E-state index in [0.29, 0.717) is 54.6 Å². The lowest BCUT2D eigenvalue weighted by atomic mass is 9.94. The molecule has 0 saturated carbocycles. The maximum Gasteiger partial charge on any atom is 0.322 e. The Labute approximate surface area is 164 Å². The van der Waals surface area contributed by atoms with Gasteiger partial charge in [0, 0.05) is 25.8 Å². The zero-order valence-electron chi connectivity index (χ0n) is 16.4. The lowest BCUT2D eigenvalue weighted by Crippen LogP contribution is -2.47. The van der Waals surface area contributed by atoms with Gasteiger partial charge >= 0.3 is 6.03 Å². The summed E-state index contributed by atoms with van der Waals surface area (Å²) in [5, 5.41) is 2.94. The predicted molar refractivity (Wildman–Crippen MR) is 103 cm³/mol. The van der Waals surface area contributed by atoms with Crippen LogP contribution in [0.4, 0.5) is 4.79 Å². The van der Waals surface area contributed by atoms with Crippen molar-refractivity contribution in [2.24, 2.45) is 0 Å². The number of urea groups is 1. The highest BCUT2D eigenvalue weighted by Gasteiger charge is 2.44. The molecule has 0 saturated heterocycles. The first-order valence-corrected chi connectivity index (χ1v) is 8.97. The molecule has 2 aliphatic heterocycles. The average molecular weight is 387 g/mol. The second-order valence-corrected chi connectivity index (χ2v) is 6.47. The molecular formula is C20H25N3O5. The molecule has 1 N–H and O–H groups in total. The van der Waals surface area contributed by atoms with E-state index < -0.39 is 6.04 Å². The van der Waals surface area contributed by atoms with Crippen LogP contribution in [0, 0.1) is 0 Å². The SMILES string of the molecule is C=CCN1C(=O)N[C@H](c2cc(OC)ccc2OC)C2=C1CN(CCOC)C2=O. The van der Waals surface area contributed by atoms with Crippen LogP contribution in [0.25, 0.3) is 0 Å². The monoisotopic (exact) mass is 387 g/mol. The molecule has 2 aliphatic rings. The van der Waals surface area contributed by atoms with Crippen molar-refractivity contribution in [2.75, 3.05) is 47.6 Å². The van der Waals surface area contributed by atoms with Crippen molar-refractivity contribution in [1.29, 1.82) is 0 Å². The van der Waals surface area contributed by atoms with Crippen LogP contribution in [0.1, 0.15) is 11.6 Å². The molecule has 150 valence electrons. The summed E-state index contributed by atoms with van der Waals surface area (Å²) in [5.41, 5.74) is 1.88. The zero-order valence-corrected chi connectivity index (χ0v) is 16.4. The van der Waals surface area contributed by atoms with Gasteiger partial charge < -0.3 is 24.4 Å². The summed E-state index contributed by atoms with van der Waals surface area (Å²) in [4.78, 5) is 29.2. The second-order valence-electron chi connectivity index (χ2n) is 6.47. The molecule has 0 spiro atoms. The molecule has 0 bridgehead atoms. The van der Waals surface area contributed by atoms with Gasteiger partial charge in [-0.1, -0.05) is 6.08 Å². The molecule has 2 heterocycles. The van der Waals surface area contributed by atoms with Crippen molar-refractivity contribution >= 4 is 11.9 Å². The number of ether oxygens (including phenoxy) is 3. The van der Waals surface area contributed by atoms with Gasteiger partial charge in [0.2, 0.25) is 0 Å². The van der Waals surface area contributed by atoms with E-state index in [2.05, 4.69) is 11.9 Å². The van der Waals surface area contributed by atoms with Crippen LogP contribution in [-0.2, 0) is 9.53 Å². The molecule has 1 aromatic carbocycles. The summed E-state index contributed by atoms with van der Waals surface area (Å²) in [7, 11) is 4.71. The Balaban J connectivity index is 2.08. The average Bonchev–Trinajstić information content (AvgIpc) is 3.04. The maximum atomic E-state index is 13.2. The molecule has 1 aromatic rings. The predicted octanol–water partition coefficient (Wildman–Crippen LogP) is 1.70. The van der Waals surface area contributed by atoms with E-state index >= 15 is 0 Å². The summed E-state index contributed by atoms with van der Waals surface area (Å²) >= 11 is 0. The molecule has 0 fully saturated rings. The van der Waals surface area contributed by atoms with Gasteiger partial charge in [-0.05, 0) is 18.2 Å². The van der Waals surface area contributed by atoms with Crippen molar-refractivity contribution in [1.82, 2.24) is 15.1 Å². The molecule has 0 unspecified atom stereocenters. The molecule has 8 nitrogen and oxygen atoms in total. The van der Waals surface area contributed by atoms with Gasteiger partial charge in [0.25, 0.3) is 5.91 Å². The molecule has 0 radical (unpaired) electrons. The van der Waals surface area contributed by atoms with Crippen molar-refractivity contribution in [3.63, 3.8) is 0 Å². The fraction of sp³-hybridized carbons (Fsp3) is 0.400. The van der Waals surface area contributed by atoms with Crippen molar-refractivity contribution in [3.05, 3.63) is 47.7 Å². The van der Waals surface area contributed by atoms with Gasteiger partial charge in [-0.25, -0.2) is 4.79 Å². The molecule has 3 amide bonds. The molecule has 1 atom stereocenters. The fourth-order valence-corrected chi connectivity index (χ4v) is 3.55. The number of hydrogen-bond donors (Lipinski definition) is 1. The van der Waals surface area contributed by atoms with Crippen LogP contribution in [0.15, 0.2) is 42.1 Å². The van der Waals surface area contributed by atoms with Gasteiger partial charge in [-0.2, -0.15) is 0 Å². The highest BCUT2D eigenvalue weighted by atomic mass is 16.5. The quantitative estimate of drug-likeness (QED) is 0.687. The number of nitrogens with one attached hydrogen (secondary N) is 1. The first-order valence-electron chi connectivity index (χ1n) is 8.97. The Morgan fingerprint density at radius 1 is 1.25 bits per heavy atom. The van der Waals surface area contributed by atoms with E-state index in [1.807, 2.05) is 0 Å². The van der Waals surface area contributed by atoms with Crippen molar-refractivity contribution in [3.8, 4) is 11.5 Å². The second kappa shape index (κ2) is 8.35. The van der Waals surface area contributed by atoms with Gasteiger partial charge in [0.15, 0.2) is 0 Å². The number of benzene rings is 1. The minimum absolute atomic E-state index is 0.129. The van der Waals surface area contributed by atoms with E-state index in [1.165, 1.54) is 0 Å². The number of rotatable bonds is 8. The standard InChI is InChI=1S/C20H25N3O5/c1-5-8-23-15-12-22(9-10-26-2)19(24)17(15)18(21-20(23)25)14-11-13(27-3)6-7-16(14)28-4/h5-7,11,18H,1,8-10,12H2,2-4H3,(H,21,25)/t18-/m1/s1. The molecule has 28 heavy (non-hydrogen) atoms. The van der Waals surface area contributed by atoms with E-state index in [0.717, 1.165) is 0 Å². The Bertz CT molecular complexity index is 820. The van der Waals surface area contributed by atoms with Crippen molar-refractivity contribution < 1.29 is 23.8 Å². The lowest BCUT2D eigenvalue weighted by molar-refractivity contribution is -0.126. The first kappa shape index (κ1) is 19.8. The molecule has 8 heteroatoms. The van der Waals surface area contributed by atoms with Crippen LogP contribution in [0.2, 0.25) is 0 Å². The summed E-state index contributed by atoms with van der Waals surface area (Å²) in [6.07, 6.45) is 1.64. The lowest BCUT2D eigenvalue weighted by Gasteiger charge is -2.33. The normalized spacial score (nSPS) is 18.9. The number of methoxy groups -OCH3 is 3. The van der Waals surface area contributed by atoms with Crippen LogP contribution in [0.5, 0.6) is 11.5 Å². The Morgan fingerprint density at radius 3 is 2.68 bits per heavy atom. The number of hydrogen-bond acceptors (Lipinski definition) is 5. The topological polar surface area (TPSA) is 80.3 Å². The van der Waals surface area contributed by atoms with Crippen LogP contribution >= 0.6 is 0 Å². The first-order chi connectivity index (χ1) is 13.5. The van der Waals surface area contributed by atoms with E-state index in [-0.39, 0.29) is 11.9 Å². The summed E-state index contributed by atoms with van der Waals surface area (Å²) in [6.45, 7) is 5.25. The number of nitrogens with zero attached hydrogens (tertiary/aromatic N) is 2. The molecule has 3 rings (SSSR count). The number of carbonyl (C=O) groups excluding carboxylic acids is 2. The highest BCUT2D eigenvalue weighted by molar-refractivity contribution is 6.01. The van der Waals surface area contributed by atoms with Gasteiger partial charge in [-0.3, -0.25) is 9.69 Å². The minimum Gasteiger partial charge on any atom is -0.497 e. The Hall–Kier alpha value is -3.00. The van der Waals surface area contributed by atoms with Crippen LogP contribution < -0.4 is 14.8 Å². The Kier molecular flexibility index (Phi) is 5.89.